The minimum Gasteiger partial charge on any atom is -0.465 e. The quantitative estimate of drug-likeness (QED) is 0.555. The molecule has 0 radical (unpaired) electrons. The zero-order valence-corrected chi connectivity index (χ0v) is 8.61. The number of ether oxygens (including phenoxy) is 2. The van der Waals surface area contributed by atoms with Gasteiger partial charge in [-0.1, -0.05) is 0 Å². The minimum absolute atomic E-state index is 0.423. The van der Waals surface area contributed by atoms with Gasteiger partial charge < -0.3 is 9.47 Å². The van der Waals surface area contributed by atoms with Gasteiger partial charge in [-0.15, -0.1) is 0 Å². The van der Waals surface area contributed by atoms with Crippen molar-refractivity contribution in [3.8, 4) is 0 Å². The number of esters is 1. The predicted molar refractivity (Wildman–Crippen MR) is 42.8 cm³/mol. The second-order valence-corrected chi connectivity index (χ2v) is 2.72. The molecular formula is C8H11F5O3. The third-order valence-corrected chi connectivity index (χ3v) is 1.52. The van der Waals surface area contributed by atoms with Crippen molar-refractivity contribution in [3.63, 3.8) is 0 Å². The zero-order valence-electron chi connectivity index (χ0n) is 8.61. The standard InChI is InChI=1S/C8H11F5O3/c1-3-15-6(14)5(7(9,10)11)8(12,13)16-4-2/h5H,3-4H2,1-2H3. The second kappa shape index (κ2) is 5.42. The Morgan fingerprint density at radius 2 is 1.62 bits per heavy atom. The molecule has 1 atom stereocenters. The van der Waals surface area contributed by atoms with Gasteiger partial charge in [0.15, 0.2) is 0 Å². The fourth-order valence-electron chi connectivity index (χ4n) is 0.963. The first-order chi connectivity index (χ1) is 7.16. The van der Waals surface area contributed by atoms with Crippen molar-refractivity contribution < 1.29 is 36.2 Å². The normalized spacial score (nSPS) is 14.7. The summed E-state index contributed by atoms with van der Waals surface area (Å²) >= 11 is 0. The van der Waals surface area contributed by atoms with Gasteiger partial charge in [-0.05, 0) is 13.8 Å². The van der Waals surface area contributed by atoms with E-state index in [0.29, 0.717) is 0 Å². The Bertz CT molecular complexity index is 238. The van der Waals surface area contributed by atoms with E-state index < -0.39 is 37.4 Å². The maximum absolute atomic E-state index is 12.9. The Hall–Kier alpha value is -0.920. The Kier molecular flexibility index (Phi) is 5.11. The fourth-order valence-corrected chi connectivity index (χ4v) is 0.963. The van der Waals surface area contributed by atoms with Crippen molar-refractivity contribution in [2.45, 2.75) is 26.1 Å². The number of hydrogen-bond donors (Lipinski definition) is 0. The van der Waals surface area contributed by atoms with Gasteiger partial charge in [0, 0.05) is 0 Å². The lowest BCUT2D eigenvalue weighted by molar-refractivity contribution is -0.328. The number of carbonyl (C=O) groups is 1. The van der Waals surface area contributed by atoms with Crippen LogP contribution in [0.25, 0.3) is 0 Å². The lowest BCUT2D eigenvalue weighted by Gasteiger charge is -2.26. The van der Waals surface area contributed by atoms with Crippen molar-refractivity contribution in [2.24, 2.45) is 5.92 Å². The maximum Gasteiger partial charge on any atom is 0.410 e. The summed E-state index contributed by atoms with van der Waals surface area (Å²) in [6.45, 7) is 1.23. The van der Waals surface area contributed by atoms with Crippen molar-refractivity contribution in [1.29, 1.82) is 0 Å². The molecule has 0 spiro atoms. The summed E-state index contributed by atoms with van der Waals surface area (Å²) in [4.78, 5) is 10.8. The van der Waals surface area contributed by atoms with E-state index in [0.717, 1.165) is 6.92 Å². The first kappa shape index (κ1) is 15.1. The Balaban J connectivity index is 5.02. The average molecular weight is 250 g/mol. The fraction of sp³-hybridized carbons (Fsp3) is 0.875. The first-order valence-corrected chi connectivity index (χ1v) is 4.41. The zero-order chi connectivity index (χ0) is 13.0. The summed E-state index contributed by atoms with van der Waals surface area (Å²) in [6, 6.07) is 0. The van der Waals surface area contributed by atoms with E-state index in [1.807, 2.05) is 0 Å². The number of carbonyl (C=O) groups excluding carboxylic acids is 1. The van der Waals surface area contributed by atoms with Crippen molar-refractivity contribution in [3.05, 3.63) is 0 Å². The first-order valence-electron chi connectivity index (χ1n) is 4.41. The highest BCUT2D eigenvalue weighted by atomic mass is 19.4. The van der Waals surface area contributed by atoms with Crippen LogP contribution in [-0.4, -0.2) is 31.5 Å². The molecule has 0 aromatic carbocycles. The van der Waals surface area contributed by atoms with E-state index in [1.54, 1.807) is 0 Å². The molecule has 0 aromatic heterocycles. The predicted octanol–water partition coefficient (Wildman–Crippen LogP) is 2.36. The highest BCUT2D eigenvalue weighted by Gasteiger charge is 2.62. The number of halogens is 5. The molecule has 96 valence electrons. The molecule has 0 saturated heterocycles. The molecule has 0 aliphatic carbocycles. The molecule has 3 nitrogen and oxygen atoms in total. The van der Waals surface area contributed by atoms with E-state index in [1.165, 1.54) is 6.92 Å². The number of rotatable bonds is 5. The highest BCUT2D eigenvalue weighted by molar-refractivity contribution is 5.74. The summed E-state index contributed by atoms with van der Waals surface area (Å²) < 4.78 is 70.2. The summed E-state index contributed by atoms with van der Waals surface area (Å²) in [7, 11) is 0. The maximum atomic E-state index is 12.9. The smallest absolute Gasteiger partial charge is 0.410 e. The number of alkyl halides is 5. The van der Waals surface area contributed by atoms with Crippen molar-refractivity contribution >= 4 is 5.97 Å². The topological polar surface area (TPSA) is 35.5 Å². The van der Waals surface area contributed by atoms with Crippen LogP contribution in [0.2, 0.25) is 0 Å². The average Bonchev–Trinajstić information content (AvgIpc) is 1.99. The van der Waals surface area contributed by atoms with Crippen LogP contribution in [0.3, 0.4) is 0 Å². The second-order valence-electron chi connectivity index (χ2n) is 2.72. The molecule has 0 aromatic rings. The van der Waals surface area contributed by atoms with Crippen LogP contribution in [0.1, 0.15) is 13.8 Å². The van der Waals surface area contributed by atoms with Gasteiger partial charge in [0.05, 0.1) is 13.2 Å². The lowest BCUT2D eigenvalue weighted by atomic mass is 10.1. The molecule has 0 amide bonds. The molecule has 8 heteroatoms. The molecular weight excluding hydrogens is 239 g/mol. The van der Waals surface area contributed by atoms with E-state index >= 15 is 0 Å². The van der Waals surface area contributed by atoms with Gasteiger partial charge in [0.2, 0.25) is 5.92 Å². The molecule has 16 heavy (non-hydrogen) atoms. The van der Waals surface area contributed by atoms with Crippen LogP contribution in [0.5, 0.6) is 0 Å². The monoisotopic (exact) mass is 250 g/mol. The molecule has 0 aliphatic heterocycles. The van der Waals surface area contributed by atoms with E-state index in [-0.39, 0.29) is 0 Å². The third-order valence-electron chi connectivity index (χ3n) is 1.52. The van der Waals surface area contributed by atoms with Gasteiger partial charge in [-0.3, -0.25) is 4.79 Å². The number of hydrogen-bond acceptors (Lipinski definition) is 3. The summed E-state index contributed by atoms with van der Waals surface area (Å²) in [5, 5.41) is 0. The van der Waals surface area contributed by atoms with Crippen LogP contribution in [-0.2, 0) is 14.3 Å². The third kappa shape index (κ3) is 3.92. The molecule has 0 rings (SSSR count). The Morgan fingerprint density at radius 3 is 1.94 bits per heavy atom. The minimum atomic E-state index is -5.43. The van der Waals surface area contributed by atoms with E-state index in [9.17, 15) is 26.7 Å². The van der Waals surface area contributed by atoms with E-state index in [2.05, 4.69) is 9.47 Å². The Morgan fingerprint density at radius 1 is 1.12 bits per heavy atom. The molecule has 0 heterocycles. The SMILES string of the molecule is CCOC(=O)C(C(F)(F)F)C(F)(F)OCC. The van der Waals surface area contributed by atoms with Gasteiger partial charge in [0.1, 0.15) is 0 Å². The Labute approximate surface area is 88.5 Å². The molecule has 1 unspecified atom stereocenters. The van der Waals surface area contributed by atoms with Crippen molar-refractivity contribution in [1.82, 2.24) is 0 Å². The van der Waals surface area contributed by atoms with Crippen LogP contribution >= 0.6 is 0 Å². The van der Waals surface area contributed by atoms with E-state index in [4.69, 9.17) is 0 Å². The van der Waals surface area contributed by atoms with Gasteiger partial charge in [-0.2, -0.15) is 22.0 Å². The molecule has 0 saturated carbocycles. The van der Waals surface area contributed by atoms with Crippen LogP contribution < -0.4 is 0 Å². The molecule has 0 bridgehead atoms. The summed E-state index contributed by atoms with van der Waals surface area (Å²) in [6.07, 6.45) is -10.1. The van der Waals surface area contributed by atoms with Crippen LogP contribution in [0, 0.1) is 5.92 Å². The van der Waals surface area contributed by atoms with Crippen LogP contribution in [0.15, 0.2) is 0 Å². The molecule has 0 fully saturated rings. The molecule has 0 N–H and O–H groups in total. The largest absolute Gasteiger partial charge is 0.465 e. The summed E-state index contributed by atoms with van der Waals surface area (Å²) in [5.41, 5.74) is 0. The van der Waals surface area contributed by atoms with Crippen LogP contribution in [0.4, 0.5) is 22.0 Å². The van der Waals surface area contributed by atoms with Gasteiger partial charge in [-0.25, -0.2) is 0 Å². The summed E-state index contributed by atoms with van der Waals surface area (Å²) in [5.74, 6) is -5.65. The van der Waals surface area contributed by atoms with Crippen molar-refractivity contribution in [2.75, 3.05) is 13.2 Å². The van der Waals surface area contributed by atoms with Gasteiger partial charge in [0.25, 0.3) is 0 Å². The highest BCUT2D eigenvalue weighted by Crippen LogP contribution is 2.39. The van der Waals surface area contributed by atoms with Gasteiger partial charge >= 0.3 is 18.3 Å². The lowest BCUT2D eigenvalue weighted by Crippen LogP contribution is -2.47. The molecule has 0 aliphatic rings.